The van der Waals surface area contributed by atoms with Gasteiger partial charge in [0.2, 0.25) is 0 Å². The summed E-state index contributed by atoms with van der Waals surface area (Å²) in [5.74, 6) is 1.31. The molecule has 0 saturated carbocycles. The van der Waals surface area contributed by atoms with Gasteiger partial charge in [-0.25, -0.2) is 4.79 Å². The number of carbonyl (C=O) groups is 2. The number of carbonyl (C=O) groups excluding carboxylic acids is 2. The van der Waals surface area contributed by atoms with Crippen molar-refractivity contribution in [2.24, 2.45) is 0 Å². The summed E-state index contributed by atoms with van der Waals surface area (Å²) in [5.41, 5.74) is 0.264. The van der Waals surface area contributed by atoms with Gasteiger partial charge in [0.1, 0.15) is 35.5 Å². The molecule has 3 rings (SSSR count). The molecule has 160 valence electrons. The van der Waals surface area contributed by atoms with E-state index in [1.165, 1.54) is 4.90 Å². The van der Waals surface area contributed by atoms with E-state index in [4.69, 9.17) is 23.7 Å². The van der Waals surface area contributed by atoms with Gasteiger partial charge in [-0.15, -0.1) is 0 Å². The predicted octanol–water partition coefficient (Wildman–Crippen LogP) is 2.57. The van der Waals surface area contributed by atoms with Gasteiger partial charge in [0, 0.05) is 24.9 Å². The first-order valence-electron chi connectivity index (χ1n) is 9.82. The summed E-state index contributed by atoms with van der Waals surface area (Å²) in [6.07, 6.45) is 0.556. The minimum atomic E-state index is -0.697. The fourth-order valence-electron chi connectivity index (χ4n) is 3.48. The average Bonchev–Trinajstić information content (AvgIpc) is 3.30. The second kappa shape index (κ2) is 9.00. The summed E-state index contributed by atoms with van der Waals surface area (Å²) in [7, 11) is 1.60. The van der Waals surface area contributed by atoms with E-state index < -0.39 is 23.8 Å². The van der Waals surface area contributed by atoms with E-state index >= 15 is 0 Å². The lowest BCUT2D eigenvalue weighted by Crippen LogP contribution is -2.44. The van der Waals surface area contributed by atoms with E-state index in [0.717, 1.165) is 11.8 Å². The Labute approximate surface area is 171 Å². The Morgan fingerprint density at radius 2 is 2.00 bits per heavy atom. The Morgan fingerprint density at radius 3 is 2.62 bits per heavy atom. The number of amides is 1. The Hall–Kier alpha value is -2.32. The van der Waals surface area contributed by atoms with Gasteiger partial charge in [0.25, 0.3) is 0 Å². The number of aldehydes is 1. The van der Waals surface area contributed by atoms with Gasteiger partial charge >= 0.3 is 6.09 Å². The number of benzene rings is 1. The molecule has 29 heavy (non-hydrogen) atoms. The van der Waals surface area contributed by atoms with Crippen molar-refractivity contribution in [3.05, 3.63) is 23.8 Å². The van der Waals surface area contributed by atoms with E-state index in [2.05, 4.69) is 0 Å². The maximum Gasteiger partial charge on any atom is 0.411 e. The van der Waals surface area contributed by atoms with Crippen LogP contribution in [-0.2, 0) is 25.4 Å². The molecule has 0 aromatic heterocycles. The number of methoxy groups -OCH3 is 1. The highest BCUT2D eigenvalue weighted by atomic mass is 16.7. The molecule has 8 heteroatoms. The van der Waals surface area contributed by atoms with Crippen molar-refractivity contribution in [2.75, 3.05) is 26.9 Å². The summed E-state index contributed by atoms with van der Waals surface area (Å²) in [6, 6.07) is 4.77. The lowest BCUT2D eigenvalue weighted by Gasteiger charge is -2.27. The molecule has 2 saturated heterocycles. The third-order valence-corrected chi connectivity index (χ3v) is 4.78. The number of ether oxygens (including phenoxy) is 5. The summed E-state index contributed by atoms with van der Waals surface area (Å²) < 4.78 is 27.9. The zero-order valence-electron chi connectivity index (χ0n) is 17.4. The Bertz CT molecular complexity index is 724. The summed E-state index contributed by atoms with van der Waals surface area (Å²) >= 11 is 0. The van der Waals surface area contributed by atoms with Gasteiger partial charge in [-0.2, -0.15) is 0 Å². The second-order valence-electron chi connectivity index (χ2n) is 8.09. The maximum absolute atomic E-state index is 12.4. The largest absolute Gasteiger partial charge is 0.496 e. The number of hydrogen-bond donors (Lipinski definition) is 0. The fraction of sp³-hybridized carbons (Fsp3) is 0.619. The average molecular weight is 407 g/mol. The molecule has 2 aliphatic rings. The molecule has 1 aromatic rings. The van der Waals surface area contributed by atoms with Crippen LogP contribution in [0.1, 0.15) is 32.8 Å². The van der Waals surface area contributed by atoms with E-state index in [1.807, 2.05) is 12.1 Å². The molecule has 2 atom stereocenters. The minimum absolute atomic E-state index is 0.309. The molecule has 2 aliphatic heterocycles. The third kappa shape index (κ3) is 5.39. The van der Waals surface area contributed by atoms with Gasteiger partial charge in [0.15, 0.2) is 6.29 Å². The molecule has 8 nitrogen and oxygen atoms in total. The van der Waals surface area contributed by atoms with E-state index in [-0.39, 0.29) is 6.29 Å². The van der Waals surface area contributed by atoms with E-state index in [0.29, 0.717) is 44.1 Å². The maximum atomic E-state index is 12.4. The zero-order valence-corrected chi connectivity index (χ0v) is 17.4. The normalized spacial score (nSPS) is 22.6. The van der Waals surface area contributed by atoms with Gasteiger partial charge < -0.3 is 28.5 Å². The Morgan fingerprint density at radius 1 is 1.28 bits per heavy atom. The lowest BCUT2D eigenvalue weighted by molar-refractivity contribution is -0.113. The Balaban J connectivity index is 1.70. The highest BCUT2D eigenvalue weighted by Gasteiger charge is 2.40. The molecular formula is C21H29NO7. The van der Waals surface area contributed by atoms with Crippen LogP contribution in [-0.4, -0.2) is 68.2 Å². The van der Waals surface area contributed by atoms with Crippen LogP contribution in [0.3, 0.4) is 0 Å². The number of nitrogens with zero attached hydrogens (tertiary/aromatic N) is 1. The van der Waals surface area contributed by atoms with Gasteiger partial charge in [-0.05, 0) is 39.0 Å². The monoisotopic (exact) mass is 407 g/mol. The van der Waals surface area contributed by atoms with Crippen LogP contribution in [0.5, 0.6) is 11.5 Å². The minimum Gasteiger partial charge on any atom is -0.496 e. The molecule has 2 heterocycles. The van der Waals surface area contributed by atoms with Gasteiger partial charge in [-0.3, -0.25) is 4.90 Å². The van der Waals surface area contributed by atoms with Crippen LogP contribution < -0.4 is 9.47 Å². The van der Waals surface area contributed by atoms with E-state index in [1.54, 1.807) is 33.9 Å². The standard InChI is InChI=1S/C21H29NO7/c1-21(2,3)29-20(24)22-8-7-18(16(22)13-23)28-15-5-6-17(25-4)14(11-15)12-19-26-9-10-27-19/h5-6,11,13,16,18-19H,7-10,12H2,1-4H3/t16-,18+/m1/s1. The van der Waals surface area contributed by atoms with Crippen molar-refractivity contribution < 1.29 is 33.3 Å². The van der Waals surface area contributed by atoms with Crippen LogP contribution in [0.25, 0.3) is 0 Å². The first kappa shape index (κ1) is 21.4. The van der Waals surface area contributed by atoms with Crippen molar-refractivity contribution in [3.8, 4) is 11.5 Å². The van der Waals surface area contributed by atoms with Crippen molar-refractivity contribution in [1.29, 1.82) is 0 Å². The molecule has 0 N–H and O–H groups in total. The lowest BCUT2D eigenvalue weighted by atomic mass is 10.1. The highest BCUT2D eigenvalue weighted by molar-refractivity contribution is 5.75. The summed E-state index contributed by atoms with van der Waals surface area (Å²) in [4.78, 5) is 25.5. The fourth-order valence-corrected chi connectivity index (χ4v) is 3.48. The smallest absolute Gasteiger partial charge is 0.411 e. The van der Waals surface area contributed by atoms with Crippen LogP contribution in [0.2, 0.25) is 0 Å². The molecule has 1 amide bonds. The predicted molar refractivity (Wildman–Crippen MR) is 104 cm³/mol. The molecule has 2 fully saturated rings. The number of hydrogen-bond acceptors (Lipinski definition) is 7. The van der Waals surface area contributed by atoms with Crippen molar-refractivity contribution in [3.63, 3.8) is 0 Å². The summed E-state index contributed by atoms with van der Waals surface area (Å²) in [6.45, 7) is 6.93. The number of rotatable bonds is 6. The van der Waals surface area contributed by atoms with Crippen molar-refractivity contribution in [1.82, 2.24) is 4.90 Å². The molecule has 0 unspecified atom stereocenters. The topological polar surface area (TPSA) is 83.5 Å². The van der Waals surface area contributed by atoms with Crippen LogP contribution in [0, 0.1) is 0 Å². The molecule has 0 radical (unpaired) electrons. The zero-order chi connectivity index (χ0) is 21.0. The number of likely N-dealkylation sites (tertiary alicyclic amines) is 1. The first-order chi connectivity index (χ1) is 13.8. The first-order valence-corrected chi connectivity index (χ1v) is 9.82. The Kier molecular flexibility index (Phi) is 6.64. The third-order valence-electron chi connectivity index (χ3n) is 4.78. The molecule has 0 spiro atoms. The molecule has 1 aromatic carbocycles. The van der Waals surface area contributed by atoms with Crippen molar-refractivity contribution >= 4 is 12.4 Å². The quantitative estimate of drug-likeness (QED) is 0.670. The SMILES string of the molecule is COc1ccc(O[C@H]2CCN(C(=O)OC(C)(C)C)[C@@H]2C=O)cc1CC1OCCO1. The van der Waals surface area contributed by atoms with Gasteiger partial charge in [0.05, 0.1) is 20.3 Å². The van der Waals surface area contributed by atoms with Crippen LogP contribution in [0.15, 0.2) is 18.2 Å². The summed E-state index contributed by atoms with van der Waals surface area (Å²) in [5, 5.41) is 0. The second-order valence-corrected chi connectivity index (χ2v) is 8.09. The van der Waals surface area contributed by atoms with Crippen LogP contribution in [0.4, 0.5) is 4.79 Å². The van der Waals surface area contributed by atoms with E-state index in [9.17, 15) is 9.59 Å². The van der Waals surface area contributed by atoms with Gasteiger partial charge in [-0.1, -0.05) is 0 Å². The highest BCUT2D eigenvalue weighted by Crippen LogP contribution is 2.30. The van der Waals surface area contributed by atoms with Crippen LogP contribution >= 0.6 is 0 Å². The molecule has 0 aliphatic carbocycles. The van der Waals surface area contributed by atoms with Crippen molar-refractivity contribution in [2.45, 2.75) is 57.6 Å². The molecular weight excluding hydrogens is 378 g/mol. The molecule has 0 bridgehead atoms.